The largest absolute Gasteiger partial charge is 0.493 e. The molecule has 5 heteroatoms. The molecule has 0 fully saturated rings. The lowest BCUT2D eigenvalue weighted by Crippen LogP contribution is -2.13. The number of aliphatic hydroxyl groups is 1. The SMILES string of the molecule is COc1ccc([C@@H](O)CN)c(OC)c1OC. The molecule has 0 unspecified atom stereocenters. The molecule has 0 aliphatic carbocycles. The lowest BCUT2D eigenvalue weighted by Gasteiger charge is -2.18. The van der Waals surface area contributed by atoms with Gasteiger partial charge in [-0.05, 0) is 12.1 Å². The Kier molecular flexibility index (Phi) is 4.39. The van der Waals surface area contributed by atoms with Crippen molar-refractivity contribution in [1.29, 1.82) is 0 Å². The minimum absolute atomic E-state index is 0.117. The van der Waals surface area contributed by atoms with Crippen LogP contribution in [0.25, 0.3) is 0 Å². The van der Waals surface area contributed by atoms with Crippen LogP contribution in [-0.4, -0.2) is 33.0 Å². The summed E-state index contributed by atoms with van der Waals surface area (Å²) in [7, 11) is 4.55. The second kappa shape index (κ2) is 5.58. The fourth-order valence-corrected chi connectivity index (χ4v) is 1.51. The van der Waals surface area contributed by atoms with Crippen LogP contribution in [0.3, 0.4) is 0 Å². The summed E-state index contributed by atoms with van der Waals surface area (Å²) in [6, 6.07) is 3.41. The van der Waals surface area contributed by atoms with E-state index in [-0.39, 0.29) is 6.54 Å². The van der Waals surface area contributed by atoms with E-state index < -0.39 is 6.10 Å². The van der Waals surface area contributed by atoms with Gasteiger partial charge in [-0.2, -0.15) is 0 Å². The molecule has 1 rings (SSSR count). The molecule has 3 N–H and O–H groups in total. The topological polar surface area (TPSA) is 73.9 Å². The normalized spacial score (nSPS) is 12.1. The first-order chi connectivity index (χ1) is 7.69. The van der Waals surface area contributed by atoms with Crippen molar-refractivity contribution in [3.8, 4) is 17.2 Å². The summed E-state index contributed by atoms with van der Waals surface area (Å²) in [5.41, 5.74) is 6.00. The van der Waals surface area contributed by atoms with Gasteiger partial charge in [-0.1, -0.05) is 0 Å². The number of aliphatic hydroxyl groups excluding tert-OH is 1. The van der Waals surface area contributed by atoms with Crippen molar-refractivity contribution in [2.75, 3.05) is 27.9 Å². The molecule has 0 aliphatic rings. The summed E-state index contributed by atoms with van der Waals surface area (Å²) in [6.07, 6.45) is -0.783. The van der Waals surface area contributed by atoms with Gasteiger partial charge in [0.15, 0.2) is 11.5 Å². The molecule has 0 radical (unpaired) electrons. The summed E-state index contributed by atoms with van der Waals surface area (Å²) < 4.78 is 15.5. The van der Waals surface area contributed by atoms with E-state index in [1.54, 1.807) is 12.1 Å². The Balaban J connectivity index is 3.31. The molecule has 1 aromatic carbocycles. The molecule has 90 valence electrons. The molecule has 0 amide bonds. The van der Waals surface area contributed by atoms with Gasteiger partial charge in [0, 0.05) is 12.1 Å². The van der Waals surface area contributed by atoms with Gasteiger partial charge in [-0.15, -0.1) is 0 Å². The maximum Gasteiger partial charge on any atom is 0.203 e. The predicted octanol–water partition coefficient (Wildman–Crippen LogP) is 0.705. The molecule has 1 atom stereocenters. The summed E-state index contributed by atoms with van der Waals surface area (Å²) in [6.45, 7) is 0.117. The molecular formula is C11H17NO4. The highest BCUT2D eigenvalue weighted by molar-refractivity contribution is 5.56. The Hall–Kier alpha value is -1.46. The van der Waals surface area contributed by atoms with Gasteiger partial charge >= 0.3 is 0 Å². The molecule has 0 heterocycles. The molecular weight excluding hydrogens is 210 g/mol. The number of hydrogen-bond acceptors (Lipinski definition) is 5. The van der Waals surface area contributed by atoms with Crippen LogP contribution in [0.15, 0.2) is 12.1 Å². The van der Waals surface area contributed by atoms with Crippen LogP contribution in [0, 0.1) is 0 Å². The number of benzene rings is 1. The van der Waals surface area contributed by atoms with Gasteiger partial charge in [0.25, 0.3) is 0 Å². The minimum atomic E-state index is -0.783. The zero-order valence-electron chi connectivity index (χ0n) is 9.69. The van der Waals surface area contributed by atoms with E-state index in [1.807, 2.05) is 0 Å². The highest BCUT2D eigenvalue weighted by atomic mass is 16.5. The highest BCUT2D eigenvalue weighted by Crippen LogP contribution is 2.41. The Labute approximate surface area is 94.7 Å². The number of methoxy groups -OCH3 is 3. The molecule has 5 nitrogen and oxygen atoms in total. The Morgan fingerprint density at radius 3 is 2.19 bits per heavy atom. The van der Waals surface area contributed by atoms with Crippen molar-refractivity contribution < 1.29 is 19.3 Å². The summed E-state index contributed by atoms with van der Waals surface area (Å²) in [4.78, 5) is 0. The van der Waals surface area contributed by atoms with Crippen molar-refractivity contribution in [1.82, 2.24) is 0 Å². The summed E-state index contributed by atoms with van der Waals surface area (Å²) in [5.74, 6) is 1.45. The van der Waals surface area contributed by atoms with Crippen LogP contribution in [0.1, 0.15) is 11.7 Å². The minimum Gasteiger partial charge on any atom is -0.493 e. The molecule has 0 aliphatic heterocycles. The number of rotatable bonds is 5. The lowest BCUT2D eigenvalue weighted by molar-refractivity contribution is 0.180. The molecule has 0 spiro atoms. The quantitative estimate of drug-likeness (QED) is 0.774. The van der Waals surface area contributed by atoms with Crippen molar-refractivity contribution in [3.63, 3.8) is 0 Å². The van der Waals surface area contributed by atoms with Crippen LogP contribution < -0.4 is 19.9 Å². The average Bonchev–Trinajstić information content (AvgIpc) is 2.35. The third kappa shape index (κ3) is 2.20. The smallest absolute Gasteiger partial charge is 0.203 e. The Morgan fingerprint density at radius 1 is 1.12 bits per heavy atom. The van der Waals surface area contributed by atoms with E-state index in [9.17, 15) is 5.11 Å². The van der Waals surface area contributed by atoms with Gasteiger partial charge < -0.3 is 25.1 Å². The fraction of sp³-hybridized carbons (Fsp3) is 0.455. The van der Waals surface area contributed by atoms with E-state index in [4.69, 9.17) is 19.9 Å². The maximum absolute atomic E-state index is 9.72. The number of nitrogens with two attached hydrogens (primary N) is 1. The first-order valence-electron chi connectivity index (χ1n) is 4.86. The average molecular weight is 227 g/mol. The van der Waals surface area contributed by atoms with Crippen molar-refractivity contribution in [2.24, 2.45) is 5.73 Å². The Bertz CT molecular complexity index is 354. The highest BCUT2D eigenvalue weighted by Gasteiger charge is 2.19. The summed E-state index contributed by atoms with van der Waals surface area (Å²) in [5, 5.41) is 9.72. The number of ether oxygens (including phenoxy) is 3. The zero-order valence-corrected chi connectivity index (χ0v) is 9.69. The fourth-order valence-electron chi connectivity index (χ4n) is 1.51. The number of hydrogen-bond donors (Lipinski definition) is 2. The second-order valence-electron chi connectivity index (χ2n) is 3.18. The third-order valence-electron chi connectivity index (χ3n) is 2.32. The maximum atomic E-state index is 9.72. The molecule has 0 aromatic heterocycles. The van der Waals surface area contributed by atoms with Crippen molar-refractivity contribution in [2.45, 2.75) is 6.10 Å². The van der Waals surface area contributed by atoms with E-state index in [0.29, 0.717) is 22.8 Å². The lowest BCUT2D eigenvalue weighted by atomic mass is 10.1. The molecule has 16 heavy (non-hydrogen) atoms. The van der Waals surface area contributed by atoms with E-state index in [0.717, 1.165) is 0 Å². The molecule has 0 saturated carbocycles. The second-order valence-corrected chi connectivity index (χ2v) is 3.18. The zero-order chi connectivity index (χ0) is 12.1. The van der Waals surface area contributed by atoms with Crippen LogP contribution in [-0.2, 0) is 0 Å². The van der Waals surface area contributed by atoms with Crippen molar-refractivity contribution in [3.05, 3.63) is 17.7 Å². The van der Waals surface area contributed by atoms with Crippen LogP contribution >= 0.6 is 0 Å². The summed E-state index contributed by atoms with van der Waals surface area (Å²) >= 11 is 0. The van der Waals surface area contributed by atoms with Gasteiger partial charge in [0.1, 0.15) is 0 Å². The van der Waals surface area contributed by atoms with Crippen LogP contribution in [0.4, 0.5) is 0 Å². The standard InChI is InChI=1S/C11H17NO4/c1-14-9-5-4-7(8(13)6-12)10(15-2)11(9)16-3/h4-5,8,13H,6,12H2,1-3H3/t8-/m0/s1. The van der Waals surface area contributed by atoms with Crippen LogP contribution in [0.5, 0.6) is 17.2 Å². The molecule has 1 aromatic rings. The van der Waals surface area contributed by atoms with Gasteiger partial charge in [-0.25, -0.2) is 0 Å². The van der Waals surface area contributed by atoms with Gasteiger partial charge in [0.2, 0.25) is 5.75 Å². The van der Waals surface area contributed by atoms with E-state index in [2.05, 4.69) is 0 Å². The van der Waals surface area contributed by atoms with E-state index >= 15 is 0 Å². The third-order valence-corrected chi connectivity index (χ3v) is 2.32. The molecule has 0 saturated heterocycles. The van der Waals surface area contributed by atoms with Crippen molar-refractivity contribution >= 4 is 0 Å². The monoisotopic (exact) mass is 227 g/mol. The van der Waals surface area contributed by atoms with Crippen LogP contribution in [0.2, 0.25) is 0 Å². The van der Waals surface area contributed by atoms with Gasteiger partial charge in [0.05, 0.1) is 27.4 Å². The predicted molar refractivity (Wildman–Crippen MR) is 60.1 cm³/mol. The van der Waals surface area contributed by atoms with Gasteiger partial charge in [-0.3, -0.25) is 0 Å². The first-order valence-corrected chi connectivity index (χ1v) is 4.86. The molecule has 0 bridgehead atoms. The Morgan fingerprint density at radius 2 is 1.75 bits per heavy atom. The first kappa shape index (κ1) is 12.6. The van der Waals surface area contributed by atoms with E-state index in [1.165, 1.54) is 21.3 Å².